The lowest BCUT2D eigenvalue weighted by Gasteiger charge is -2.24. The highest BCUT2D eigenvalue weighted by molar-refractivity contribution is 5.30. The Kier molecular flexibility index (Phi) is 4.58. The number of rotatable bonds is 7. The van der Waals surface area contributed by atoms with E-state index in [1.807, 2.05) is 24.3 Å². The van der Waals surface area contributed by atoms with Crippen LogP contribution in [-0.2, 0) is 4.74 Å². The first-order chi connectivity index (χ1) is 8.78. The van der Waals surface area contributed by atoms with Crippen molar-refractivity contribution in [2.24, 2.45) is 5.84 Å². The number of methoxy groups -OCH3 is 1. The average molecular weight is 250 g/mol. The Balaban J connectivity index is 2.05. The van der Waals surface area contributed by atoms with Crippen molar-refractivity contribution in [3.63, 3.8) is 0 Å². The molecule has 0 spiro atoms. The monoisotopic (exact) mass is 250 g/mol. The summed E-state index contributed by atoms with van der Waals surface area (Å²) in [6.45, 7) is 2.09. The van der Waals surface area contributed by atoms with Gasteiger partial charge in [-0.3, -0.25) is 11.3 Å². The molecule has 1 saturated carbocycles. The van der Waals surface area contributed by atoms with Crippen LogP contribution in [0.15, 0.2) is 24.3 Å². The molecular weight excluding hydrogens is 228 g/mol. The van der Waals surface area contributed by atoms with Crippen LogP contribution in [0.25, 0.3) is 0 Å². The van der Waals surface area contributed by atoms with Gasteiger partial charge in [0.1, 0.15) is 5.75 Å². The predicted octanol–water partition coefficient (Wildman–Crippen LogP) is 2.16. The molecule has 0 bridgehead atoms. The third-order valence-corrected chi connectivity index (χ3v) is 3.32. The highest BCUT2D eigenvalue weighted by Gasteiger charge is 2.24. The highest BCUT2D eigenvalue weighted by atomic mass is 16.5. The molecule has 1 aliphatic carbocycles. The van der Waals surface area contributed by atoms with E-state index >= 15 is 0 Å². The van der Waals surface area contributed by atoms with Crippen LogP contribution in [0, 0.1) is 0 Å². The van der Waals surface area contributed by atoms with Gasteiger partial charge in [-0.15, -0.1) is 0 Å². The molecule has 0 aliphatic heterocycles. The summed E-state index contributed by atoms with van der Waals surface area (Å²) in [5.41, 5.74) is 3.95. The van der Waals surface area contributed by atoms with Gasteiger partial charge < -0.3 is 9.47 Å². The summed E-state index contributed by atoms with van der Waals surface area (Å²) in [6, 6.07) is 8.10. The van der Waals surface area contributed by atoms with Crippen molar-refractivity contribution in [3.8, 4) is 5.75 Å². The predicted molar refractivity (Wildman–Crippen MR) is 71.2 cm³/mol. The fourth-order valence-electron chi connectivity index (χ4n) is 2.09. The molecule has 0 aromatic heterocycles. The van der Waals surface area contributed by atoms with E-state index < -0.39 is 0 Å². The maximum absolute atomic E-state index is 5.72. The quantitative estimate of drug-likeness (QED) is 0.575. The zero-order valence-electron chi connectivity index (χ0n) is 11.1. The highest BCUT2D eigenvalue weighted by Crippen LogP contribution is 2.28. The molecule has 1 aliphatic rings. The van der Waals surface area contributed by atoms with Gasteiger partial charge in [0.15, 0.2) is 0 Å². The van der Waals surface area contributed by atoms with Crippen molar-refractivity contribution in [3.05, 3.63) is 29.8 Å². The van der Waals surface area contributed by atoms with Crippen molar-refractivity contribution in [2.75, 3.05) is 7.11 Å². The second-order valence-electron chi connectivity index (χ2n) is 4.71. The minimum absolute atomic E-state index is 0.00924. The average Bonchev–Trinajstić information content (AvgIpc) is 3.21. The summed E-state index contributed by atoms with van der Waals surface area (Å²) < 4.78 is 11.2. The Labute approximate surface area is 108 Å². The molecule has 1 aromatic rings. The van der Waals surface area contributed by atoms with E-state index in [4.69, 9.17) is 15.3 Å². The van der Waals surface area contributed by atoms with Crippen LogP contribution in [0.2, 0.25) is 0 Å². The summed E-state index contributed by atoms with van der Waals surface area (Å²) in [5, 5.41) is 0. The summed E-state index contributed by atoms with van der Waals surface area (Å²) >= 11 is 0. The van der Waals surface area contributed by atoms with Crippen molar-refractivity contribution < 1.29 is 9.47 Å². The Morgan fingerprint density at radius 3 is 2.44 bits per heavy atom. The lowest BCUT2D eigenvalue weighted by atomic mass is 10.00. The first-order valence-electron chi connectivity index (χ1n) is 6.54. The van der Waals surface area contributed by atoms with Crippen molar-refractivity contribution >= 4 is 0 Å². The Bertz CT molecular complexity index is 359. The lowest BCUT2D eigenvalue weighted by Crippen LogP contribution is -2.37. The van der Waals surface area contributed by atoms with Gasteiger partial charge in [0.05, 0.1) is 18.2 Å². The van der Waals surface area contributed by atoms with E-state index in [1.54, 1.807) is 7.11 Å². The molecule has 2 rings (SSSR count). The minimum Gasteiger partial charge on any atom is -0.490 e. The fraction of sp³-hybridized carbons (Fsp3) is 0.571. The molecule has 18 heavy (non-hydrogen) atoms. The zero-order valence-corrected chi connectivity index (χ0v) is 11.1. The van der Waals surface area contributed by atoms with E-state index in [2.05, 4.69) is 12.3 Å². The molecule has 4 nitrogen and oxygen atoms in total. The van der Waals surface area contributed by atoms with Crippen LogP contribution in [0.4, 0.5) is 0 Å². The first-order valence-corrected chi connectivity index (χ1v) is 6.54. The van der Waals surface area contributed by atoms with Crippen LogP contribution in [0.1, 0.15) is 37.8 Å². The first kappa shape index (κ1) is 13.3. The molecule has 2 unspecified atom stereocenters. The molecule has 0 saturated heterocycles. The number of nitrogens with two attached hydrogens (primary N) is 1. The molecule has 0 amide bonds. The Hall–Kier alpha value is -1.10. The number of hydrazine groups is 1. The molecule has 3 N–H and O–H groups in total. The molecule has 4 heteroatoms. The van der Waals surface area contributed by atoms with Gasteiger partial charge in [-0.25, -0.2) is 0 Å². The fourth-order valence-corrected chi connectivity index (χ4v) is 2.09. The van der Waals surface area contributed by atoms with E-state index in [-0.39, 0.29) is 12.1 Å². The second-order valence-corrected chi connectivity index (χ2v) is 4.71. The maximum atomic E-state index is 5.72. The van der Waals surface area contributed by atoms with E-state index in [0.717, 1.165) is 17.7 Å². The van der Waals surface area contributed by atoms with E-state index in [1.165, 1.54) is 12.8 Å². The summed E-state index contributed by atoms with van der Waals surface area (Å²) in [7, 11) is 1.71. The van der Waals surface area contributed by atoms with Crippen LogP contribution in [-0.4, -0.2) is 19.3 Å². The molecule has 1 aromatic carbocycles. The van der Waals surface area contributed by atoms with Gasteiger partial charge in [0, 0.05) is 7.11 Å². The Morgan fingerprint density at radius 2 is 2.00 bits per heavy atom. The van der Waals surface area contributed by atoms with Gasteiger partial charge >= 0.3 is 0 Å². The molecule has 2 atom stereocenters. The van der Waals surface area contributed by atoms with Crippen LogP contribution in [0.5, 0.6) is 5.75 Å². The third kappa shape index (κ3) is 3.22. The van der Waals surface area contributed by atoms with Crippen LogP contribution >= 0.6 is 0 Å². The number of ether oxygens (including phenoxy) is 2. The van der Waals surface area contributed by atoms with Gasteiger partial charge in [-0.05, 0) is 37.0 Å². The molecular formula is C14H22N2O2. The van der Waals surface area contributed by atoms with Crippen molar-refractivity contribution in [2.45, 2.75) is 44.4 Å². The number of hydrogen-bond donors (Lipinski definition) is 2. The van der Waals surface area contributed by atoms with Gasteiger partial charge in [-0.2, -0.15) is 0 Å². The smallest absolute Gasteiger partial charge is 0.119 e. The van der Waals surface area contributed by atoms with Gasteiger partial charge in [0.25, 0.3) is 0 Å². The largest absolute Gasteiger partial charge is 0.490 e. The van der Waals surface area contributed by atoms with Crippen LogP contribution < -0.4 is 16.0 Å². The zero-order chi connectivity index (χ0) is 13.0. The van der Waals surface area contributed by atoms with Gasteiger partial charge in [-0.1, -0.05) is 19.1 Å². The Morgan fingerprint density at radius 1 is 1.33 bits per heavy atom. The normalized spacial score (nSPS) is 18.4. The number of benzene rings is 1. The molecule has 1 fully saturated rings. The SMILES string of the molecule is CCC(OC)C(NN)c1ccc(OC2CC2)cc1. The lowest BCUT2D eigenvalue weighted by molar-refractivity contribution is 0.0651. The summed E-state index contributed by atoms with van der Waals surface area (Å²) in [4.78, 5) is 0. The summed E-state index contributed by atoms with van der Waals surface area (Å²) in [6.07, 6.45) is 3.77. The van der Waals surface area contributed by atoms with E-state index in [9.17, 15) is 0 Å². The molecule has 0 radical (unpaired) electrons. The molecule has 0 heterocycles. The minimum atomic E-state index is 0.00924. The molecule has 100 valence electrons. The number of nitrogens with one attached hydrogen (secondary N) is 1. The maximum Gasteiger partial charge on any atom is 0.119 e. The van der Waals surface area contributed by atoms with Crippen molar-refractivity contribution in [1.29, 1.82) is 0 Å². The number of hydrogen-bond acceptors (Lipinski definition) is 4. The second kappa shape index (κ2) is 6.18. The van der Waals surface area contributed by atoms with Gasteiger partial charge in [0.2, 0.25) is 0 Å². The van der Waals surface area contributed by atoms with E-state index in [0.29, 0.717) is 6.10 Å². The van der Waals surface area contributed by atoms with Crippen molar-refractivity contribution in [1.82, 2.24) is 5.43 Å². The van der Waals surface area contributed by atoms with Crippen LogP contribution in [0.3, 0.4) is 0 Å². The third-order valence-electron chi connectivity index (χ3n) is 3.32. The standard InChI is InChI=1S/C14H22N2O2/c1-3-13(17-2)14(16-15)10-4-6-11(7-5-10)18-12-8-9-12/h4-7,12-14,16H,3,8-9,15H2,1-2H3. The topological polar surface area (TPSA) is 56.5 Å². The summed E-state index contributed by atoms with van der Waals surface area (Å²) in [5.74, 6) is 6.56.